The van der Waals surface area contributed by atoms with Gasteiger partial charge in [-0.15, -0.1) is 11.3 Å². The number of rotatable bonds is 4. The SMILES string of the molecule is CCC(C)(C)[C@H]1CCc2c(sc(NC(=O)Nc3ccc(Cl)c(Cl)c3)c2C#N)C1. The summed E-state index contributed by atoms with van der Waals surface area (Å²) in [6.45, 7) is 6.85. The number of anilines is 2. The topological polar surface area (TPSA) is 64.9 Å². The monoisotopic (exact) mass is 435 g/mol. The number of fused-ring (bicyclic) bond motifs is 1. The molecule has 1 atom stereocenters. The maximum atomic E-state index is 12.4. The van der Waals surface area contributed by atoms with Crippen LogP contribution in [0.3, 0.4) is 0 Å². The Labute approximate surface area is 179 Å². The smallest absolute Gasteiger partial charge is 0.308 e. The molecule has 7 heteroatoms. The summed E-state index contributed by atoms with van der Waals surface area (Å²) in [4.78, 5) is 13.6. The van der Waals surface area contributed by atoms with Gasteiger partial charge in [-0.3, -0.25) is 5.32 Å². The summed E-state index contributed by atoms with van der Waals surface area (Å²) in [5, 5.41) is 16.6. The van der Waals surface area contributed by atoms with Crippen LogP contribution in [0.2, 0.25) is 10.0 Å². The van der Waals surface area contributed by atoms with Gasteiger partial charge in [-0.25, -0.2) is 4.79 Å². The molecule has 0 fully saturated rings. The van der Waals surface area contributed by atoms with Crippen LogP contribution in [0.1, 0.15) is 49.6 Å². The average molecular weight is 436 g/mol. The first-order valence-corrected chi connectivity index (χ1v) is 10.9. The number of nitrogens with zero attached hydrogens (tertiary/aromatic N) is 1. The van der Waals surface area contributed by atoms with Crippen LogP contribution in [-0.2, 0) is 12.8 Å². The van der Waals surface area contributed by atoms with E-state index in [4.69, 9.17) is 23.2 Å². The summed E-state index contributed by atoms with van der Waals surface area (Å²) in [5.74, 6) is 0.591. The van der Waals surface area contributed by atoms with Crippen LogP contribution in [0, 0.1) is 22.7 Å². The van der Waals surface area contributed by atoms with E-state index in [2.05, 4.69) is 37.5 Å². The van der Waals surface area contributed by atoms with Crippen molar-refractivity contribution in [1.29, 1.82) is 5.26 Å². The van der Waals surface area contributed by atoms with E-state index in [0.29, 0.717) is 32.2 Å². The molecule has 1 aromatic carbocycles. The van der Waals surface area contributed by atoms with Gasteiger partial charge in [0.15, 0.2) is 0 Å². The molecule has 1 aliphatic rings. The second kappa shape index (κ2) is 8.32. The molecule has 0 spiro atoms. The third-order valence-electron chi connectivity index (χ3n) is 5.80. The van der Waals surface area contributed by atoms with Crippen LogP contribution in [0.4, 0.5) is 15.5 Å². The van der Waals surface area contributed by atoms with Gasteiger partial charge >= 0.3 is 6.03 Å². The number of halogens is 2. The Kier molecular flexibility index (Phi) is 6.24. The average Bonchev–Trinajstić information content (AvgIpc) is 3.00. The lowest BCUT2D eigenvalue weighted by Crippen LogP contribution is -2.28. The number of carbonyl (C=O) groups excluding carboxylic acids is 1. The first-order chi connectivity index (χ1) is 13.2. The number of thiophene rings is 1. The van der Waals surface area contributed by atoms with Crippen molar-refractivity contribution in [3.05, 3.63) is 44.2 Å². The summed E-state index contributed by atoms with van der Waals surface area (Å²) < 4.78 is 0. The fraction of sp³-hybridized carbons (Fsp3) is 0.429. The molecule has 0 unspecified atom stereocenters. The number of carbonyl (C=O) groups is 1. The minimum atomic E-state index is -0.404. The molecule has 0 saturated heterocycles. The summed E-state index contributed by atoms with van der Waals surface area (Å²) in [7, 11) is 0. The maximum Gasteiger partial charge on any atom is 0.324 e. The lowest BCUT2D eigenvalue weighted by molar-refractivity contribution is 0.184. The number of hydrogen-bond donors (Lipinski definition) is 2. The second-order valence-electron chi connectivity index (χ2n) is 7.81. The zero-order chi connectivity index (χ0) is 20.5. The van der Waals surface area contributed by atoms with Gasteiger partial charge in [0.05, 0.1) is 15.6 Å². The van der Waals surface area contributed by atoms with Crippen LogP contribution in [0.25, 0.3) is 0 Å². The Morgan fingerprint density at radius 1 is 1.32 bits per heavy atom. The van der Waals surface area contributed by atoms with Gasteiger partial charge in [0.1, 0.15) is 11.1 Å². The summed E-state index contributed by atoms with van der Waals surface area (Å²) in [6.07, 6.45) is 4.05. The van der Waals surface area contributed by atoms with Crippen molar-refractivity contribution in [2.24, 2.45) is 11.3 Å². The molecule has 4 nitrogen and oxygen atoms in total. The summed E-state index contributed by atoms with van der Waals surface area (Å²) >= 11 is 13.4. The Balaban J connectivity index is 1.77. The zero-order valence-electron chi connectivity index (χ0n) is 16.2. The van der Waals surface area contributed by atoms with Crippen LogP contribution in [-0.4, -0.2) is 6.03 Å². The van der Waals surface area contributed by atoms with Crippen LogP contribution in [0.15, 0.2) is 18.2 Å². The molecule has 0 bridgehead atoms. The molecular weight excluding hydrogens is 413 g/mol. The Bertz CT molecular complexity index is 946. The van der Waals surface area contributed by atoms with Crippen molar-refractivity contribution in [3.8, 4) is 6.07 Å². The van der Waals surface area contributed by atoms with Gasteiger partial charge in [0, 0.05) is 10.6 Å². The number of nitriles is 1. The molecule has 0 radical (unpaired) electrons. The molecule has 1 aromatic heterocycles. The number of hydrogen-bond acceptors (Lipinski definition) is 3. The Morgan fingerprint density at radius 2 is 2.07 bits per heavy atom. The highest BCUT2D eigenvalue weighted by atomic mass is 35.5. The first-order valence-electron chi connectivity index (χ1n) is 9.32. The van der Waals surface area contributed by atoms with Crippen LogP contribution < -0.4 is 10.6 Å². The predicted octanol–water partition coefficient (Wildman–Crippen LogP) is 7.11. The predicted molar refractivity (Wildman–Crippen MR) is 118 cm³/mol. The molecule has 2 amide bonds. The molecule has 1 aliphatic carbocycles. The Hall–Kier alpha value is -1.74. The third-order valence-corrected chi connectivity index (χ3v) is 7.71. The molecule has 0 aliphatic heterocycles. The lowest BCUT2D eigenvalue weighted by atomic mass is 9.69. The highest BCUT2D eigenvalue weighted by Crippen LogP contribution is 2.45. The number of urea groups is 1. The third kappa shape index (κ3) is 4.30. The van der Waals surface area contributed by atoms with Crippen LogP contribution >= 0.6 is 34.5 Å². The highest BCUT2D eigenvalue weighted by Gasteiger charge is 2.34. The molecule has 2 aromatic rings. The molecular formula is C21H23Cl2N3OS. The zero-order valence-corrected chi connectivity index (χ0v) is 18.5. The van der Waals surface area contributed by atoms with E-state index in [-0.39, 0.29) is 5.41 Å². The molecule has 0 saturated carbocycles. The van der Waals surface area contributed by atoms with Gasteiger partial charge < -0.3 is 5.32 Å². The fourth-order valence-electron chi connectivity index (χ4n) is 3.59. The molecule has 2 N–H and O–H groups in total. The number of nitrogens with one attached hydrogen (secondary N) is 2. The van der Waals surface area contributed by atoms with Gasteiger partial charge in [-0.1, -0.05) is 50.4 Å². The molecule has 3 rings (SSSR count). The highest BCUT2D eigenvalue weighted by molar-refractivity contribution is 7.16. The van der Waals surface area contributed by atoms with E-state index in [1.54, 1.807) is 18.2 Å². The number of benzene rings is 1. The largest absolute Gasteiger partial charge is 0.324 e. The normalized spacial score (nSPS) is 16.2. The van der Waals surface area contributed by atoms with E-state index < -0.39 is 6.03 Å². The second-order valence-corrected chi connectivity index (χ2v) is 9.73. The maximum absolute atomic E-state index is 12.4. The Morgan fingerprint density at radius 3 is 2.71 bits per heavy atom. The minimum Gasteiger partial charge on any atom is -0.308 e. The molecule has 1 heterocycles. The van der Waals surface area contributed by atoms with Crippen molar-refractivity contribution >= 4 is 51.3 Å². The van der Waals surface area contributed by atoms with Gasteiger partial charge in [-0.2, -0.15) is 5.26 Å². The van der Waals surface area contributed by atoms with Crippen molar-refractivity contribution < 1.29 is 4.79 Å². The minimum absolute atomic E-state index is 0.271. The van der Waals surface area contributed by atoms with Crippen molar-refractivity contribution in [2.75, 3.05) is 10.6 Å². The van der Waals surface area contributed by atoms with Gasteiger partial charge in [0.2, 0.25) is 0 Å². The first kappa shape index (κ1) is 21.0. The molecule has 28 heavy (non-hydrogen) atoms. The van der Waals surface area contributed by atoms with Gasteiger partial charge in [0.25, 0.3) is 0 Å². The van der Waals surface area contributed by atoms with E-state index in [1.807, 2.05) is 0 Å². The molecule has 148 valence electrons. The van der Waals surface area contributed by atoms with E-state index in [9.17, 15) is 10.1 Å². The summed E-state index contributed by atoms with van der Waals surface area (Å²) in [6, 6.07) is 6.77. The van der Waals surface area contributed by atoms with Crippen molar-refractivity contribution in [2.45, 2.75) is 46.5 Å². The quantitative estimate of drug-likeness (QED) is 0.536. The summed E-state index contributed by atoms with van der Waals surface area (Å²) in [5.41, 5.74) is 2.50. The van der Waals surface area contributed by atoms with E-state index in [1.165, 1.54) is 16.2 Å². The number of amides is 2. The standard InChI is InChI=1S/C21H23Cl2N3OS/c1-4-21(2,3)12-5-7-14-15(11-24)19(28-18(14)9-12)26-20(27)25-13-6-8-16(22)17(23)10-13/h6,8,10,12H,4-5,7,9H2,1-3H3,(H2,25,26,27)/t12-/m0/s1. The van der Waals surface area contributed by atoms with E-state index >= 15 is 0 Å². The van der Waals surface area contributed by atoms with Crippen molar-refractivity contribution in [1.82, 2.24) is 0 Å². The van der Waals surface area contributed by atoms with Crippen molar-refractivity contribution in [3.63, 3.8) is 0 Å². The van der Waals surface area contributed by atoms with Crippen LogP contribution in [0.5, 0.6) is 0 Å². The lowest BCUT2D eigenvalue weighted by Gasteiger charge is -2.36. The van der Waals surface area contributed by atoms with E-state index in [0.717, 1.165) is 31.2 Å². The van der Waals surface area contributed by atoms with Gasteiger partial charge in [-0.05, 0) is 54.4 Å². The fourth-order valence-corrected chi connectivity index (χ4v) is 5.16.